The molecule has 0 radical (unpaired) electrons. The molecule has 0 nitrogen and oxygen atoms in total. The normalized spacial score (nSPS) is 18.0. The molecule has 6 aromatic rings. The van der Waals surface area contributed by atoms with Crippen LogP contribution in [0.15, 0.2) is 109 Å². The maximum absolute atomic E-state index is 16.5. The molecule has 2 aliphatic carbocycles. The predicted molar refractivity (Wildman–Crippen MR) is 193 cm³/mol. The third-order valence-electron chi connectivity index (χ3n) is 10.6. The second kappa shape index (κ2) is 13.6. The highest BCUT2D eigenvalue weighted by molar-refractivity contribution is 7.18. The first kappa shape index (κ1) is 43.4. The summed E-state index contributed by atoms with van der Waals surface area (Å²) in [5.74, 6) is -17.8. The van der Waals surface area contributed by atoms with E-state index in [-0.39, 0.29) is 20.9 Å². The van der Waals surface area contributed by atoms with Crippen molar-refractivity contribution in [1.29, 1.82) is 0 Å². The Morgan fingerprint density at radius 3 is 0.871 bits per heavy atom. The minimum absolute atomic E-state index is 0.219. The summed E-state index contributed by atoms with van der Waals surface area (Å²) in [6.45, 7) is 0. The van der Waals surface area contributed by atoms with Crippen LogP contribution in [0, 0.1) is 0 Å². The van der Waals surface area contributed by atoms with E-state index in [0.717, 1.165) is 48.5 Å². The summed E-state index contributed by atoms with van der Waals surface area (Å²) < 4.78 is 262. The average molecular weight is 929 g/mol. The van der Waals surface area contributed by atoms with Gasteiger partial charge in [0.25, 0.3) is 0 Å². The molecule has 0 atom stereocenters. The summed E-state index contributed by atoms with van der Waals surface area (Å²) in [5, 5.41) is 0. The monoisotopic (exact) mass is 928 g/mol. The van der Waals surface area contributed by atoms with Crippen LogP contribution < -0.4 is 0 Å². The molecule has 0 amide bonds. The number of rotatable bonds is 4. The molecule has 2 heterocycles. The lowest BCUT2D eigenvalue weighted by molar-refractivity contribution is -0.254. The molecular weight excluding hydrogens is 911 g/mol. The molecular formula is C42H18F18S2. The van der Waals surface area contributed by atoms with Crippen LogP contribution in [0.1, 0.15) is 54.3 Å². The van der Waals surface area contributed by atoms with Crippen molar-refractivity contribution < 1.29 is 79.0 Å². The number of thiophene rings is 2. The van der Waals surface area contributed by atoms with Crippen LogP contribution in [0.3, 0.4) is 0 Å². The molecule has 0 spiro atoms. The highest BCUT2D eigenvalue weighted by Gasteiger charge is 2.81. The van der Waals surface area contributed by atoms with E-state index in [2.05, 4.69) is 0 Å². The molecule has 20 heteroatoms. The second-order valence-corrected chi connectivity index (χ2v) is 16.3. The third kappa shape index (κ3) is 6.44. The Balaban J connectivity index is 1.56. The molecule has 0 N–H and O–H groups in total. The standard InChI is InChI=1S/C42H18F18S2/c43-36(44)31-27-17-29(19-1-5-23(6-2-19)38(47,48)49)61-33(27)35(21-9-13-25(14-10-21)40(53,54)55,22-11-15-26(16-12-22)41(56,57)58)34-28(32(31)37(45,46)42(36,59)60)18-30(62-34)20-3-7-24(8-4-20)39(50,51)52/h1-18H. The van der Waals surface area contributed by atoms with Gasteiger partial charge in [0, 0.05) is 41.8 Å². The van der Waals surface area contributed by atoms with E-state index >= 15 is 26.3 Å². The molecule has 0 aliphatic heterocycles. The Labute approximate surface area is 344 Å². The molecule has 2 aromatic heterocycles. The minimum atomic E-state index is -6.20. The number of hydrogen-bond donors (Lipinski definition) is 0. The molecule has 324 valence electrons. The summed E-state index contributed by atoms with van der Waals surface area (Å²) in [4.78, 5) is -1.94. The van der Waals surface area contributed by atoms with Gasteiger partial charge >= 0.3 is 42.5 Å². The Bertz CT molecular complexity index is 2530. The quantitative estimate of drug-likeness (QED) is 0.155. The van der Waals surface area contributed by atoms with E-state index in [9.17, 15) is 52.7 Å². The number of hydrogen-bond acceptors (Lipinski definition) is 2. The Morgan fingerprint density at radius 1 is 0.355 bits per heavy atom. The largest absolute Gasteiger partial charge is 0.416 e. The van der Waals surface area contributed by atoms with Gasteiger partial charge in [0.2, 0.25) is 0 Å². The molecule has 0 unspecified atom stereocenters. The van der Waals surface area contributed by atoms with E-state index in [1.165, 1.54) is 0 Å². The van der Waals surface area contributed by atoms with Crippen LogP contribution in [-0.4, -0.2) is 17.8 Å². The fourth-order valence-electron chi connectivity index (χ4n) is 7.69. The van der Waals surface area contributed by atoms with Gasteiger partial charge in [-0.1, -0.05) is 48.5 Å². The minimum Gasteiger partial charge on any atom is -0.194 e. The molecule has 8 rings (SSSR count). The lowest BCUT2D eigenvalue weighted by Gasteiger charge is -2.36. The van der Waals surface area contributed by atoms with Crippen LogP contribution in [0.25, 0.3) is 32.0 Å². The van der Waals surface area contributed by atoms with Crippen LogP contribution in [0.5, 0.6) is 0 Å². The van der Waals surface area contributed by atoms with Crippen molar-refractivity contribution in [3.8, 4) is 20.9 Å². The van der Waals surface area contributed by atoms with Gasteiger partial charge in [-0.05, 0) is 82.9 Å². The van der Waals surface area contributed by atoms with Gasteiger partial charge in [-0.2, -0.15) is 79.0 Å². The molecule has 0 saturated carbocycles. The van der Waals surface area contributed by atoms with E-state index in [0.29, 0.717) is 83.3 Å². The summed E-state index contributed by atoms with van der Waals surface area (Å²) in [5.41, 5.74) is -15.1. The van der Waals surface area contributed by atoms with Crippen molar-refractivity contribution in [2.75, 3.05) is 0 Å². The van der Waals surface area contributed by atoms with Crippen LogP contribution >= 0.6 is 22.7 Å². The molecule has 0 fully saturated rings. The molecule has 0 saturated heterocycles. The number of alkyl halides is 18. The van der Waals surface area contributed by atoms with Crippen molar-refractivity contribution >= 4 is 33.8 Å². The zero-order valence-electron chi connectivity index (χ0n) is 30.0. The summed E-state index contributed by atoms with van der Waals surface area (Å²) in [6.07, 6.45) is -19.9. The first-order chi connectivity index (χ1) is 28.5. The smallest absolute Gasteiger partial charge is 0.194 e. The van der Waals surface area contributed by atoms with Gasteiger partial charge in [-0.25, -0.2) is 0 Å². The van der Waals surface area contributed by atoms with E-state index < -0.39 is 113 Å². The fourth-order valence-corrected chi connectivity index (χ4v) is 10.6. The Morgan fingerprint density at radius 2 is 0.613 bits per heavy atom. The van der Waals surface area contributed by atoms with Crippen molar-refractivity contribution in [2.24, 2.45) is 0 Å². The van der Waals surface area contributed by atoms with Crippen LogP contribution in [0.2, 0.25) is 0 Å². The van der Waals surface area contributed by atoms with Crippen molar-refractivity contribution in [1.82, 2.24) is 0 Å². The van der Waals surface area contributed by atoms with E-state index in [1.807, 2.05) is 0 Å². The maximum Gasteiger partial charge on any atom is 0.416 e. The van der Waals surface area contributed by atoms with Gasteiger partial charge < -0.3 is 0 Å². The molecule has 0 bridgehead atoms. The van der Waals surface area contributed by atoms with Gasteiger partial charge in [-0.15, -0.1) is 22.7 Å². The van der Waals surface area contributed by atoms with Gasteiger partial charge in [0.15, 0.2) is 0 Å². The number of fused-ring (bicyclic) bond motifs is 4. The Kier molecular flexibility index (Phi) is 9.54. The highest BCUT2D eigenvalue weighted by Crippen LogP contribution is 2.70. The van der Waals surface area contributed by atoms with E-state index in [4.69, 9.17) is 0 Å². The number of benzene rings is 4. The number of halogens is 18. The first-order valence-electron chi connectivity index (χ1n) is 17.4. The first-order valence-corrected chi connectivity index (χ1v) is 19.0. The zero-order chi connectivity index (χ0) is 45.4. The summed E-state index contributed by atoms with van der Waals surface area (Å²) in [6, 6.07) is 12.0. The summed E-state index contributed by atoms with van der Waals surface area (Å²) >= 11 is 0.706. The highest BCUT2D eigenvalue weighted by atomic mass is 32.1. The molecule has 62 heavy (non-hydrogen) atoms. The van der Waals surface area contributed by atoms with Crippen molar-refractivity contribution in [3.63, 3.8) is 0 Å². The summed E-state index contributed by atoms with van der Waals surface area (Å²) in [7, 11) is 0. The third-order valence-corrected chi connectivity index (χ3v) is 13.2. The van der Waals surface area contributed by atoms with Crippen LogP contribution in [-0.2, 0) is 30.1 Å². The topological polar surface area (TPSA) is 0 Å². The molecule has 2 aliphatic rings. The Hall–Kier alpha value is -5.24. The molecule has 4 aromatic carbocycles. The average Bonchev–Trinajstić information content (AvgIpc) is 3.82. The van der Waals surface area contributed by atoms with Crippen molar-refractivity contribution in [2.45, 2.75) is 47.9 Å². The lowest BCUT2D eigenvalue weighted by atomic mass is 9.69. The van der Waals surface area contributed by atoms with Gasteiger partial charge in [0.05, 0.1) is 27.7 Å². The SMILES string of the molecule is FC(F)(F)c1ccc(-c2cc3c(s2)C(c2ccc(C(F)(F)F)cc2)(c2ccc(C(F)(F)F)cc2)c2sc(-c4ccc(C(F)(F)F)cc4)cc2C2=C3C(F)(F)C(F)(F)C2(F)F)cc1. The van der Waals surface area contributed by atoms with Gasteiger partial charge in [-0.3, -0.25) is 0 Å². The lowest BCUT2D eigenvalue weighted by Crippen LogP contribution is -2.49. The van der Waals surface area contributed by atoms with Crippen LogP contribution in [0.4, 0.5) is 79.0 Å². The fraction of sp³-hybridized carbons (Fsp3) is 0.190. The zero-order valence-corrected chi connectivity index (χ0v) is 31.6. The van der Waals surface area contributed by atoms with E-state index in [1.54, 1.807) is 0 Å². The van der Waals surface area contributed by atoms with Gasteiger partial charge in [0.1, 0.15) is 0 Å². The maximum atomic E-state index is 16.5. The predicted octanol–water partition coefficient (Wildman–Crippen LogP) is 15.7. The van der Waals surface area contributed by atoms with Crippen molar-refractivity contribution in [3.05, 3.63) is 163 Å². The number of allylic oxidation sites excluding steroid dienone is 2. The second-order valence-electron chi connectivity index (χ2n) is 14.2.